The SMILES string of the molecule is [BaH2].[BiH3].[NaH].[OH][Ti]([OH])([OH])[OH].[OH][Ti]([OH])([OH])[OH]. The molecule has 0 bridgehead atoms. The van der Waals surface area contributed by atoms with Crippen LogP contribution in [0.1, 0.15) is 0 Å². The molecule has 8 nitrogen and oxygen atoms in total. The van der Waals surface area contributed by atoms with E-state index in [1.54, 1.807) is 0 Å². The Hall–Kier alpha value is 4.56. The predicted octanol–water partition coefficient (Wildman–Crippen LogP) is -7.21. The molecule has 0 unspecified atom stereocenters. The molecular formula is H14BaBiNaO8Ti2. The van der Waals surface area contributed by atoms with Crippen molar-refractivity contribution in [1.29, 1.82) is 0 Å². The average molecular weight is 607 g/mol. The predicted molar refractivity (Wildman–Crippen MR) is 43.4 cm³/mol. The second kappa shape index (κ2) is 14.6. The van der Waals surface area contributed by atoms with Gasteiger partial charge in [0, 0.05) is 0 Å². The Morgan fingerprint density at radius 3 is 0.538 bits per heavy atom. The molecule has 0 aliphatic carbocycles. The van der Waals surface area contributed by atoms with Gasteiger partial charge in [-0.25, -0.2) is 0 Å². The van der Waals surface area contributed by atoms with E-state index in [0.717, 1.165) is 0 Å². The molecule has 0 amide bonds. The van der Waals surface area contributed by atoms with Crippen LogP contribution < -0.4 is 0 Å². The third-order valence-corrected chi connectivity index (χ3v) is 0. The first-order valence-corrected chi connectivity index (χ1v) is 7.38. The van der Waals surface area contributed by atoms with Crippen LogP contribution in [0.3, 0.4) is 0 Å². The molecule has 0 spiro atoms. The van der Waals surface area contributed by atoms with Crippen LogP contribution in [0.4, 0.5) is 0 Å². The van der Waals surface area contributed by atoms with Crippen molar-refractivity contribution in [2.45, 2.75) is 0 Å². The standard InChI is InChI=1S/Ba.Bi.Na.8H2O.2Ti.6H/h;;;8*1H2;;;;;;;;/q;;;;;;;;;;;2*+4;;;;;;/p-8. The van der Waals surface area contributed by atoms with E-state index in [1.807, 2.05) is 0 Å². The summed E-state index contributed by atoms with van der Waals surface area (Å²) in [4.78, 5) is 0. The van der Waals surface area contributed by atoms with Crippen molar-refractivity contribution in [1.82, 2.24) is 0 Å². The van der Waals surface area contributed by atoms with Gasteiger partial charge < -0.3 is 0 Å². The van der Waals surface area contributed by atoms with Crippen LogP contribution in [0, 0.1) is 0 Å². The fraction of sp³-hybridized carbons (Fsp3) is 0. The molecule has 0 aliphatic heterocycles. The van der Waals surface area contributed by atoms with Gasteiger partial charge in [-0.15, -0.1) is 0 Å². The first kappa shape index (κ1) is 30.5. The first-order valence-electron chi connectivity index (χ1n) is 1.79. The molecule has 78 valence electrons. The Morgan fingerprint density at radius 2 is 0.538 bits per heavy atom. The summed E-state index contributed by atoms with van der Waals surface area (Å²) in [7, 11) is 0. The van der Waals surface area contributed by atoms with Crippen LogP contribution in [-0.2, 0) is 36.3 Å². The molecule has 0 aromatic carbocycles. The Morgan fingerprint density at radius 1 is 0.538 bits per heavy atom. The van der Waals surface area contributed by atoms with Crippen molar-refractivity contribution in [3.05, 3.63) is 0 Å². The van der Waals surface area contributed by atoms with Gasteiger partial charge in [-0.1, -0.05) is 0 Å². The van der Waals surface area contributed by atoms with Crippen molar-refractivity contribution in [2.24, 2.45) is 0 Å². The average Bonchev–Trinajstić information content (AvgIpc) is 1.12. The van der Waals surface area contributed by atoms with Crippen LogP contribution in [0.2, 0.25) is 0 Å². The molecule has 0 aliphatic rings. The van der Waals surface area contributed by atoms with Crippen molar-refractivity contribution in [2.75, 3.05) is 0 Å². The zero-order valence-electron chi connectivity index (χ0n) is 5.28. The molecule has 0 atom stereocenters. The second-order valence-corrected chi connectivity index (χ2v) is 4.95. The van der Waals surface area contributed by atoms with E-state index in [4.69, 9.17) is 29.5 Å². The topological polar surface area (TPSA) is 162 Å². The number of hydrogen-bond donors (Lipinski definition) is 8. The minimum atomic E-state index is -5.00. The maximum absolute atomic E-state index is 7.38. The van der Waals surface area contributed by atoms with Crippen molar-refractivity contribution >= 4 is 105 Å². The van der Waals surface area contributed by atoms with E-state index in [1.165, 1.54) is 0 Å². The zero-order valence-corrected chi connectivity index (χ0v) is 13.9. The summed E-state index contributed by atoms with van der Waals surface area (Å²) in [5.74, 6) is 0. The monoisotopic (exact) mass is 608 g/mol. The van der Waals surface area contributed by atoms with Gasteiger partial charge in [0.1, 0.15) is 0 Å². The maximum atomic E-state index is 7.38. The van der Waals surface area contributed by atoms with Crippen molar-refractivity contribution in [3.8, 4) is 0 Å². The van der Waals surface area contributed by atoms with E-state index >= 15 is 0 Å². The molecule has 0 aromatic rings. The van der Waals surface area contributed by atoms with E-state index in [2.05, 4.69) is 0 Å². The summed E-state index contributed by atoms with van der Waals surface area (Å²) < 4.78 is 59.0. The fourth-order valence-electron chi connectivity index (χ4n) is 0. The molecule has 0 radical (unpaired) electrons. The van der Waals surface area contributed by atoms with Gasteiger partial charge in [-0.05, 0) is 0 Å². The molecule has 13 heavy (non-hydrogen) atoms. The fourth-order valence-corrected chi connectivity index (χ4v) is 0. The summed E-state index contributed by atoms with van der Waals surface area (Å²) in [6.45, 7) is 0. The Kier molecular flexibility index (Phi) is 34.3. The third kappa shape index (κ3) is 169. The Balaban J connectivity index is -0.0000000267. The Bertz CT molecular complexity index is 65.1. The van der Waals surface area contributed by atoms with Crippen molar-refractivity contribution in [3.63, 3.8) is 0 Å². The number of hydrogen-bond acceptors (Lipinski definition) is 8. The van der Waals surface area contributed by atoms with Crippen LogP contribution in [0.15, 0.2) is 0 Å². The van der Waals surface area contributed by atoms with Crippen molar-refractivity contribution < 1.29 is 65.8 Å². The first-order chi connectivity index (χ1) is 4.00. The van der Waals surface area contributed by atoms with Gasteiger partial charge in [0.05, 0.1) is 0 Å². The van der Waals surface area contributed by atoms with Gasteiger partial charge >= 0.3 is 170 Å². The molecule has 13 heteroatoms. The van der Waals surface area contributed by atoms with Gasteiger partial charge in [0.2, 0.25) is 0 Å². The Labute approximate surface area is 166 Å². The summed E-state index contributed by atoms with van der Waals surface area (Å²) in [6, 6.07) is 0. The molecule has 0 saturated carbocycles. The number of rotatable bonds is 0. The summed E-state index contributed by atoms with van der Waals surface area (Å²) >= 11 is -10.0. The van der Waals surface area contributed by atoms with Crippen LogP contribution in [0.25, 0.3) is 0 Å². The second-order valence-electron chi connectivity index (χ2n) is 1.20. The zero-order chi connectivity index (χ0) is 9.00. The molecule has 0 rings (SSSR count). The normalized spacial score (nSPS) is 9.23. The van der Waals surface area contributed by atoms with Gasteiger partial charge in [0.25, 0.3) is 0 Å². The molecule has 0 aromatic heterocycles. The summed E-state index contributed by atoms with van der Waals surface area (Å²) in [5, 5.41) is 0. The quantitative estimate of drug-likeness (QED) is 0.126. The van der Waals surface area contributed by atoms with E-state index in [0.29, 0.717) is 0 Å². The van der Waals surface area contributed by atoms with E-state index in [-0.39, 0.29) is 105 Å². The summed E-state index contributed by atoms with van der Waals surface area (Å²) in [6.07, 6.45) is 0. The van der Waals surface area contributed by atoms with E-state index < -0.39 is 36.3 Å². The summed E-state index contributed by atoms with van der Waals surface area (Å²) in [5.41, 5.74) is 0. The molecule has 0 heterocycles. The van der Waals surface area contributed by atoms with E-state index in [9.17, 15) is 0 Å². The minimum absolute atomic E-state index is 0. The molecular weight excluding hydrogens is 593 g/mol. The molecule has 8 N–H and O–H groups in total. The van der Waals surface area contributed by atoms with Gasteiger partial charge in [-0.3, -0.25) is 0 Å². The van der Waals surface area contributed by atoms with Gasteiger partial charge in [-0.2, -0.15) is 0 Å². The molecule has 0 fully saturated rings. The third-order valence-electron chi connectivity index (χ3n) is 0. The molecule has 0 saturated heterocycles. The van der Waals surface area contributed by atoms with Crippen LogP contribution >= 0.6 is 0 Å². The van der Waals surface area contributed by atoms with Crippen LogP contribution in [0.5, 0.6) is 0 Å². The van der Waals surface area contributed by atoms with Gasteiger partial charge in [0.15, 0.2) is 0 Å². The van der Waals surface area contributed by atoms with Crippen LogP contribution in [-0.4, -0.2) is 134 Å².